The van der Waals surface area contributed by atoms with Crippen LogP contribution in [0.5, 0.6) is 0 Å². The summed E-state index contributed by atoms with van der Waals surface area (Å²) in [6.45, 7) is 2.57. The lowest BCUT2D eigenvalue weighted by Crippen LogP contribution is -2.06. The first-order valence-electron chi connectivity index (χ1n) is 7.47. The van der Waals surface area contributed by atoms with E-state index in [9.17, 15) is 0 Å². The van der Waals surface area contributed by atoms with Crippen molar-refractivity contribution in [2.75, 3.05) is 5.32 Å². The molecular weight excluding hydrogens is 314 g/mol. The molecule has 3 aromatic rings. The smallest absolute Gasteiger partial charge is 0.315 e. The minimum absolute atomic E-state index is 0.0968. The van der Waals surface area contributed by atoms with Crippen LogP contribution in [0.1, 0.15) is 36.4 Å². The van der Waals surface area contributed by atoms with E-state index in [-0.39, 0.29) is 5.92 Å². The summed E-state index contributed by atoms with van der Waals surface area (Å²) in [6, 6.07) is 10.5. The number of halogens is 1. The molecule has 0 amide bonds. The van der Waals surface area contributed by atoms with Crippen LogP contribution >= 0.6 is 11.6 Å². The molecule has 120 valence electrons. The quantitative estimate of drug-likeness (QED) is 0.747. The summed E-state index contributed by atoms with van der Waals surface area (Å²) < 4.78 is 7.48. The van der Waals surface area contributed by atoms with Gasteiger partial charge in [0.2, 0.25) is 5.89 Å². The largest absolute Gasteiger partial charge is 0.407 e. The van der Waals surface area contributed by atoms with Crippen molar-refractivity contribution in [3.63, 3.8) is 0 Å². The molecule has 2 heterocycles. The normalized spacial score (nSPS) is 12.3. The van der Waals surface area contributed by atoms with Crippen LogP contribution < -0.4 is 5.32 Å². The molecule has 0 saturated heterocycles. The van der Waals surface area contributed by atoms with Crippen molar-refractivity contribution in [2.45, 2.75) is 25.8 Å². The lowest BCUT2D eigenvalue weighted by Gasteiger charge is -2.10. The molecule has 1 atom stereocenters. The molecule has 0 spiro atoms. The Morgan fingerprint density at radius 3 is 2.70 bits per heavy atom. The number of aromatic nitrogens is 4. The Morgan fingerprint density at radius 2 is 2.04 bits per heavy atom. The van der Waals surface area contributed by atoms with Gasteiger partial charge in [-0.1, -0.05) is 54.0 Å². The van der Waals surface area contributed by atoms with Gasteiger partial charge in [0.25, 0.3) is 0 Å². The van der Waals surface area contributed by atoms with Gasteiger partial charge in [-0.15, -0.1) is 5.10 Å². The number of hydrogen-bond donors (Lipinski definition) is 1. The fourth-order valence-electron chi connectivity index (χ4n) is 2.48. The van der Waals surface area contributed by atoms with Crippen LogP contribution in [0.15, 0.2) is 40.9 Å². The summed E-state index contributed by atoms with van der Waals surface area (Å²) in [5.74, 6) is 0.705. The maximum atomic E-state index is 6.08. The molecule has 6 nitrogen and oxygen atoms in total. The van der Waals surface area contributed by atoms with E-state index >= 15 is 0 Å². The van der Waals surface area contributed by atoms with E-state index in [0.29, 0.717) is 23.5 Å². The van der Waals surface area contributed by atoms with Gasteiger partial charge in [-0.25, -0.2) is 0 Å². The van der Waals surface area contributed by atoms with E-state index in [2.05, 4.69) is 39.7 Å². The molecular formula is C16H18ClN5O. The molecule has 0 bridgehead atoms. The highest BCUT2D eigenvalue weighted by atomic mass is 35.5. The van der Waals surface area contributed by atoms with Gasteiger partial charge in [0, 0.05) is 7.05 Å². The third kappa shape index (κ3) is 3.37. The molecule has 1 aromatic carbocycles. The minimum Gasteiger partial charge on any atom is -0.407 e. The second-order valence-electron chi connectivity index (χ2n) is 5.23. The zero-order valence-electron chi connectivity index (χ0n) is 13.0. The molecule has 7 heteroatoms. The Labute approximate surface area is 139 Å². The van der Waals surface area contributed by atoms with E-state index in [1.165, 1.54) is 5.56 Å². The first-order valence-corrected chi connectivity index (χ1v) is 7.85. The fraction of sp³-hybridized carbons (Fsp3) is 0.312. The molecule has 0 unspecified atom stereocenters. The molecule has 23 heavy (non-hydrogen) atoms. The topological polar surface area (TPSA) is 68.8 Å². The zero-order valence-corrected chi connectivity index (χ0v) is 13.8. The average molecular weight is 332 g/mol. The van der Waals surface area contributed by atoms with E-state index in [0.717, 1.165) is 12.1 Å². The average Bonchev–Trinajstić information content (AvgIpc) is 3.15. The molecule has 0 aliphatic rings. The molecule has 0 radical (unpaired) electrons. The molecule has 0 saturated carbocycles. The number of benzene rings is 1. The van der Waals surface area contributed by atoms with Crippen molar-refractivity contribution in [1.82, 2.24) is 20.0 Å². The highest BCUT2D eigenvalue weighted by molar-refractivity contribution is 6.31. The number of nitrogens with one attached hydrogen (secondary N) is 1. The summed E-state index contributed by atoms with van der Waals surface area (Å²) in [5.41, 5.74) is 2.03. The van der Waals surface area contributed by atoms with Crippen molar-refractivity contribution < 1.29 is 4.42 Å². The lowest BCUT2D eigenvalue weighted by atomic mass is 9.97. The molecule has 0 aliphatic carbocycles. The molecule has 0 fully saturated rings. The molecule has 3 rings (SSSR count). The standard InChI is InChI=1S/C16H18ClN5O/c1-3-12(11-7-5-4-6-8-11)15-20-21-16(23-15)18-10-14-13(17)9-19-22(14)2/h4-9,12H,3,10H2,1-2H3,(H,18,21)/t12-/m0/s1. The van der Waals surface area contributed by atoms with E-state index in [1.54, 1.807) is 10.9 Å². The first-order chi connectivity index (χ1) is 11.2. The van der Waals surface area contributed by atoms with Crippen molar-refractivity contribution in [3.05, 3.63) is 58.7 Å². The summed E-state index contributed by atoms with van der Waals surface area (Å²) in [7, 11) is 1.84. The van der Waals surface area contributed by atoms with Crippen molar-refractivity contribution in [3.8, 4) is 0 Å². The third-order valence-electron chi connectivity index (χ3n) is 3.77. The Bertz CT molecular complexity index is 748. The number of aryl methyl sites for hydroxylation is 1. The fourth-order valence-corrected chi connectivity index (χ4v) is 2.71. The van der Waals surface area contributed by atoms with Crippen LogP contribution in [0, 0.1) is 0 Å². The predicted molar refractivity (Wildman–Crippen MR) is 88.4 cm³/mol. The van der Waals surface area contributed by atoms with Crippen LogP contribution in [0.25, 0.3) is 0 Å². The summed E-state index contributed by atoms with van der Waals surface area (Å²) >= 11 is 6.08. The number of nitrogens with zero attached hydrogens (tertiary/aromatic N) is 4. The van der Waals surface area contributed by atoms with Crippen molar-refractivity contribution >= 4 is 17.6 Å². The van der Waals surface area contributed by atoms with Crippen LogP contribution in [0.2, 0.25) is 5.02 Å². The third-order valence-corrected chi connectivity index (χ3v) is 4.08. The Balaban J connectivity index is 1.72. The highest BCUT2D eigenvalue weighted by Gasteiger charge is 2.19. The molecule has 0 aliphatic heterocycles. The van der Waals surface area contributed by atoms with Gasteiger partial charge >= 0.3 is 6.01 Å². The van der Waals surface area contributed by atoms with Gasteiger partial charge in [-0.2, -0.15) is 5.10 Å². The van der Waals surface area contributed by atoms with E-state index in [4.69, 9.17) is 16.0 Å². The number of hydrogen-bond acceptors (Lipinski definition) is 5. The second kappa shape index (κ2) is 6.83. The second-order valence-corrected chi connectivity index (χ2v) is 5.64. The van der Waals surface area contributed by atoms with Gasteiger partial charge in [0.15, 0.2) is 0 Å². The first kappa shape index (κ1) is 15.6. The van der Waals surface area contributed by atoms with Gasteiger partial charge in [0.05, 0.1) is 29.4 Å². The number of rotatable bonds is 6. The van der Waals surface area contributed by atoms with Crippen molar-refractivity contribution in [1.29, 1.82) is 0 Å². The lowest BCUT2D eigenvalue weighted by molar-refractivity contribution is 0.473. The Kier molecular flexibility index (Phi) is 4.62. The highest BCUT2D eigenvalue weighted by Crippen LogP contribution is 2.27. The van der Waals surface area contributed by atoms with Crippen LogP contribution in [-0.2, 0) is 13.6 Å². The zero-order chi connectivity index (χ0) is 16.2. The Hall–Kier alpha value is -2.34. The maximum absolute atomic E-state index is 6.08. The predicted octanol–water partition coefficient (Wildman–Crippen LogP) is 3.61. The van der Waals surface area contributed by atoms with Crippen LogP contribution in [0.3, 0.4) is 0 Å². The van der Waals surface area contributed by atoms with Gasteiger partial charge < -0.3 is 9.73 Å². The SMILES string of the molecule is CC[C@@H](c1ccccc1)c1nnc(NCc2c(Cl)cnn2C)o1. The monoisotopic (exact) mass is 331 g/mol. The minimum atomic E-state index is 0.0968. The number of anilines is 1. The van der Waals surface area contributed by atoms with Gasteiger partial charge in [0.1, 0.15) is 0 Å². The van der Waals surface area contributed by atoms with Crippen LogP contribution in [-0.4, -0.2) is 20.0 Å². The van der Waals surface area contributed by atoms with Crippen molar-refractivity contribution in [2.24, 2.45) is 7.05 Å². The summed E-state index contributed by atoms with van der Waals surface area (Å²) in [6.07, 6.45) is 2.50. The van der Waals surface area contributed by atoms with Gasteiger partial charge in [-0.05, 0) is 12.0 Å². The molecule has 1 N–H and O–H groups in total. The summed E-state index contributed by atoms with van der Waals surface area (Å²) in [4.78, 5) is 0. The molecule has 2 aromatic heterocycles. The van der Waals surface area contributed by atoms with Crippen LogP contribution in [0.4, 0.5) is 6.01 Å². The van der Waals surface area contributed by atoms with E-state index in [1.807, 2.05) is 25.2 Å². The maximum Gasteiger partial charge on any atom is 0.315 e. The van der Waals surface area contributed by atoms with Gasteiger partial charge in [-0.3, -0.25) is 4.68 Å². The van der Waals surface area contributed by atoms with E-state index < -0.39 is 0 Å². The Morgan fingerprint density at radius 1 is 1.26 bits per heavy atom. The summed E-state index contributed by atoms with van der Waals surface area (Å²) in [5, 5.41) is 16.0.